The van der Waals surface area contributed by atoms with E-state index in [0.29, 0.717) is 5.95 Å². The number of aryl methyl sites for hydroxylation is 1. The molecule has 0 spiro atoms. The lowest BCUT2D eigenvalue weighted by atomic mass is 10.1. The number of ether oxygens (including phenoxy) is 1. The summed E-state index contributed by atoms with van der Waals surface area (Å²) in [6.07, 6.45) is 6.74. The number of methoxy groups -OCH3 is 1. The first-order valence-corrected chi connectivity index (χ1v) is 12.7. The maximum atomic E-state index is 13.7. The maximum absolute atomic E-state index is 13.7. The number of imidazole rings is 1. The summed E-state index contributed by atoms with van der Waals surface area (Å²) in [5, 5.41) is 4.39. The Kier molecular flexibility index (Phi) is 6.08. The number of fused-ring (bicyclic) bond motifs is 2. The lowest BCUT2D eigenvalue weighted by Gasteiger charge is -2.19. The molecule has 0 radical (unpaired) electrons. The minimum atomic E-state index is -0.266. The number of rotatable bonds is 8. The average Bonchev–Trinajstić information content (AvgIpc) is 3.63. The van der Waals surface area contributed by atoms with Crippen molar-refractivity contribution in [3.63, 3.8) is 0 Å². The van der Waals surface area contributed by atoms with Gasteiger partial charge in [-0.05, 0) is 61.4 Å². The minimum absolute atomic E-state index is 0.190. The van der Waals surface area contributed by atoms with Gasteiger partial charge in [-0.1, -0.05) is 13.0 Å². The number of hydrogen-bond donors (Lipinski definition) is 1. The standard InChI is InChI=1S/C29H29FN6O/c1-3-15-31-29-32-16-13-23(33-29)28-27(19-7-9-20(30)10-8-19)34-26-12-11-21(36(26)28)18-35-17-14-22-24(35)5-4-6-25(22)37-2/h4-10,13-14,16-17,21H,3,11-12,15,18H2,1-2H3,(H,31,32,33). The van der Waals surface area contributed by atoms with Crippen molar-refractivity contribution in [1.82, 2.24) is 24.1 Å². The summed E-state index contributed by atoms with van der Waals surface area (Å²) in [5.41, 5.74) is 4.58. The molecule has 188 valence electrons. The third-order valence-corrected chi connectivity index (χ3v) is 7.00. The fourth-order valence-corrected chi connectivity index (χ4v) is 5.27. The summed E-state index contributed by atoms with van der Waals surface area (Å²) in [5.74, 6) is 2.23. The number of aromatic nitrogens is 5. The van der Waals surface area contributed by atoms with E-state index in [1.165, 1.54) is 12.1 Å². The van der Waals surface area contributed by atoms with Crippen LogP contribution in [0, 0.1) is 5.82 Å². The van der Waals surface area contributed by atoms with Gasteiger partial charge in [0.1, 0.15) is 17.4 Å². The van der Waals surface area contributed by atoms with Crippen molar-refractivity contribution in [2.24, 2.45) is 0 Å². The minimum Gasteiger partial charge on any atom is -0.496 e. The van der Waals surface area contributed by atoms with Gasteiger partial charge in [-0.2, -0.15) is 0 Å². The van der Waals surface area contributed by atoms with Crippen LogP contribution < -0.4 is 10.1 Å². The van der Waals surface area contributed by atoms with Crippen molar-refractivity contribution < 1.29 is 9.13 Å². The van der Waals surface area contributed by atoms with Gasteiger partial charge in [-0.15, -0.1) is 0 Å². The molecular formula is C29H29FN6O. The Hall–Kier alpha value is -4.20. The summed E-state index contributed by atoms with van der Waals surface area (Å²) in [4.78, 5) is 14.3. The zero-order valence-corrected chi connectivity index (χ0v) is 21.0. The van der Waals surface area contributed by atoms with Gasteiger partial charge in [0, 0.05) is 42.9 Å². The molecule has 1 unspecified atom stereocenters. The van der Waals surface area contributed by atoms with Crippen LogP contribution in [-0.2, 0) is 13.0 Å². The Bertz CT molecular complexity index is 1550. The van der Waals surface area contributed by atoms with Gasteiger partial charge < -0.3 is 19.2 Å². The first-order valence-electron chi connectivity index (χ1n) is 12.7. The topological polar surface area (TPSA) is 69.8 Å². The first kappa shape index (κ1) is 23.2. The lowest BCUT2D eigenvalue weighted by Crippen LogP contribution is -2.14. The highest BCUT2D eigenvalue weighted by Gasteiger charge is 2.31. The van der Waals surface area contributed by atoms with Crippen LogP contribution >= 0.6 is 0 Å². The monoisotopic (exact) mass is 496 g/mol. The molecule has 0 amide bonds. The van der Waals surface area contributed by atoms with Crippen molar-refractivity contribution >= 4 is 16.9 Å². The summed E-state index contributed by atoms with van der Waals surface area (Å²) in [6.45, 7) is 3.70. The van der Waals surface area contributed by atoms with Gasteiger partial charge in [-0.25, -0.2) is 19.3 Å². The molecule has 1 N–H and O–H groups in total. The fourth-order valence-electron chi connectivity index (χ4n) is 5.27. The smallest absolute Gasteiger partial charge is 0.223 e. The van der Waals surface area contributed by atoms with Gasteiger partial charge in [0.25, 0.3) is 0 Å². The van der Waals surface area contributed by atoms with E-state index in [9.17, 15) is 4.39 Å². The van der Waals surface area contributed by atoms with E-state index >= 15 is 0 Å². The number of nitrogens with zero attached hydrogens (tertiary/aromatic N) is 5. The van der Waals surface area contributed by atoms with Crippen LogP contribution in [0.25, 0.3) is 33.5 Å². The molecule has 3 aromatic heterocycles. The fraction of sp³-hybridized carbons (Fsp3) is 0.276. The van der Waals surface area contributed by atoms with Gasteiger partial charge >= 0.3 is 0 Å². The summed E-state index contributed by atoms with van der Waals surface area (Å²) in [7, 11) is 1.70. The largest absolute Gasteiger partial charge is 0.496 e. The quantitative estimate of drug-likeness (QED) is 0.280. The molecule has 4 heterocycles. The normalized spacial score (nSPS) is 14.7. The zero-order valence-electron chi connectivity index (χ0n) is 21.0. The highest BCUT2D eigenvalue weighted by atomic mass is 19.1. The number of halogens is 1. The van der Waals surface area contributed by atoms with E-state index in [2.05, 4.69) is 44.7 Å². The summed E-state index contributed by atoms with van der Waals surface area (Å²) >= 11 is 0. The second-order valence-corrected chi connectivity index (χ2v) is 9.35. The number of anilines is 1. The van der Waals surface area contributed by atoms with Gasteiger partial charge in [0.15, 0.2) is 0 Å². The van der Waals surface area contributed by atoms with E-state index in [1.54, 1.807) is 25.4 Å². The molecule has 0 bridgehead atoms. The molecule has 6 rings (SSSR count). The third kappa shape index (κ3) is 4.22. The number of nitrogens with one attached hydrogen (secondary N) is 1. The van der Waals surface area contributed by atoms with Crippen LogP contribution in [0.1, 0.15) is 31.6 Å². The molecule has 1 aliphatic rings. The summed E-state index contributed by atoms with van der Waals surface area (Å²) < 4.78 is 23.9. The van der Waals surface area contributed by atoms with E-state index < -0.39 is 0 Å². The molecule has 5 aromatic rings. The van der Waals surface area contributed by atoms with Crippen LogP contribution in [0.4, 0.5) is 10.3 Å². The Labute approximate surface area is 215 Å². The zero-order chi connectivity index (χ0) is 25.4. The van der Waals surface area contributed by atoms with Gasteiger partial charge in [0.05, 0.1) is 35.8 Å². The van der Waals surface area contributed by atoms with Gasteiger partial charge in [-0.3, -0.25) is 0 Å². The Morgan fingerprint density at radius 2 is 1.95 bits per heavy atom. The molecule has 0 fully saturated rings. The van der Waals surface area contributed by atoms with E-state index in [-0.39, 0.29) is 11.9 Å². The average molecular weight is 497 g/mol. The SMILES string of the molecule is CCCNc1nccc(-c2c(-c3ccc(F)cc3)nc3n2C(Cn2ccc4c(OC)cccc42)CC3)n1. The van der Waals surface area contributed by atoms with E-state index in [4.69, 9.17) is 14.7 Å². The molecule has 0 aliphatic carbocycles. The first-order chi connectivity index (χ1) is 18.2. The molecule has 7 nitrogen and oxygen atoms in total. The molecule has 2 aromatic carbocycles. The Morgan fingerprint density at radius 1 is 1.08 bits per heavy atom. The van der Waals surface area contributed by atoms with Crippen molar-refractivity contribution in [3.05, 3.63) is 78.6 Å². The Morgan fingerprint density at radius 3 is 2.76 bits per heavy atom. The van der Waals surface area contributed by atoms with Crippen LogP contribution in [0.3, 0.4) is 0 Å². The molecule has 0 saturated heterocycles. The maximum Gasteiger partial charge on any atom is 0.223 e. The molecule has 0 saturated carbocycles. The molecule has 8 heteroatoms. The van der Waals surface area contributed by atoms with Gasteiger partial charge in [0.2, 0.25) is 5.95 Å². The summed E-state index contributed by atoms with van der Waals surface area (Å²) in [6, 6.07) is 16.9. The second kappa shape index (κ2) is 9.69. The lowest BCUT2D eigenvalue weighted by molar-refractivity contribution is 0.419. The van der Waals surface area contributed by atoms with Crippen LogP contribution in [-0.4, -0.2) is 37.7 Å². The van der Waals surface area contributed by atoms with Crippen molar-refractivity contribution in [1.29, 1.82) is 0 Å². The van der Waals surface area contributed by atoms with E-state index in [1.807, 2.05) is 18.2 Å². The van der Waals surface area contributed by atoms with Crippen LogP contribution in [0.15, 0.2) is 67.0 Å². The predicted molar refractivity (Wildman–Crippen MR) is 143 cm³/mol. The third-order valence-electron chi connectivity index (χ3n) is 7.00. The van der Waals surface area contributed by atoms with E-state index in [0.717, 1.165) is 77.5 Å². The van der Waals surface area contributed by atoms with Crippen LogP contribution in [0.2, 0.25) is 0 Å². The number of benzene rings is 2. The van der Waals surface area contributed by atoms with Crippen LogP contribution in [0.5, 0.6) is 5.75 Å². The molecule has 1 atom stereocenters. The molecule has 1 aliphatic heterocycles. The van der Waals surface area contributed by atoms with Crippen molar-refractivity contribution in [2.75, 3.05) is 19.0 Å². The highest BCUT2D eigenvalue weighted by molar-refractivity contribution is 5.86. The molecule has 37 heavy (non-hydrogen) atoms. The van der Waals surface area contributed by atoms with Crippen molar-refractivity contribution in [3.8, 4) is 28.4 Å². The highest BCUT2D eigenvalue weighted by Crippen LogP contribution is 2.40. The Balaban J connectivity index is 1.46. The van der Waals surface area contributed by atoms with Crippen molar-refractivity contribution in [2.45, 2.75) is 38.8 Å². The number of hydrogen-bond acceptors (Lipinski definition) is 5. The predicted octanol–water partition coefficient (Wildman–Crippen LogP) is 6.12. The second-order valence-electron chi connectivity index (χ2n) is 9.35. The molecular weight excluding hydrogens is 467 g/mol.